The fourth-order valence-electron chi connectivity index (χ4n) is 3.11. The molecule has 0 radical (unpaired) electrons. The van der Waals surface area contributed by atoms with E-state index in [9.17, 15) is 44.1 Å². The number of rotatable bonds is 11. The number of phosphoric ester groups is 1. The molecule has 230 valence electrons. The second-order valence-electron chi connectivity index (χ2n) is 9.28. The molecule has 17 heteroatoms. The normalized spacial score (nSPS) is 23.4. The third kappa shape index (κ3) is 12.8. The van der Waals surface area contributed by atoms with Crippen molar-refractivity contribution >= 4 is 25.7 Å². The Morgan fingerprint density at radius 2 is 1.52 bits per heavy atom. The summed E-state index contributed by atoms with van der Waals surface area (Å²) >= 11 is 0. The number of aliphatic carboxylic acids is 2. The standard InChI is InChI=1S/C11H14NO9P.2C6H13NO2/c13-8-7(5-20-22(17,18)19)21-10(9(8)14)12-3-1-2-6(4-12)11(15)16;2*1-3-4(2)5(7)6(8)9/h1-4,7-10,13-14H,5H2,(H2-,15,16,17,18,19);2*4-5H,3,7H2,1-2H3,(H,8,9)/t7-,8-,9-,10-;2*4-,5-/m100/s1. The lowest BCUT2D eigenvalue weighted by atomic mass is 10.0. The van der Waals surface area contributed by atoms with Gasteiger partial charge in [0, 0.05) is 17.9 Å². The predicted molar refractivity (Wildman–Crippen MR) is 128 cm³/mol. The molecule has 0 aliphatic carbocycles. The van der Waals surface area contributed by atoms with E-state index >= 15 is 0 Å². The van der Waals surface area contributed by atoms with Gasteiger partial charge in [0.2, 0.25) is 0 Å². The summed E-state index contributed by atoms with van der Waals surface area (Å²) in [5.74, 6) is -2.68. The molecule has 2 rings (SSSR count). The van der Waals surface area contributed by atoms with Crippen molar-refractivity contribution < 1.29 is 79.6 Å². The molecule has 0 unspecified atom stereocenters. The van der Waals surface area contributed by atoms with Gasteiger partial charge in [-0.25, -0.2) is 9.59 Å². The highest BCUT2D eigenvalue weighted by molar-refractivity contribution is 7.43. The van der Waals surface area contributed by atoms with Crippen LogP contribution in [0.15, 0.2) is 24.5 Å². The molecule has 0 amide bonds. The number of aromatic carboxylic acids is 1. The molecular weight excluding hydrogens is 557 g/mol. The van der Waals surface area contributed by atoms with Gasteiger partial charge in [0.25, 0.3) is 6.23 Å². The number of hydrogen-bond donors (Lipinski definition) is 6. The number of nitrogens with zero attached hydrogens (tertiary/aromatic N) is 1. The number of aliphatic hydroxyl groups excluding tert-OH is 2. The number of pyridine rings is 1. The fourth-order valence-corrected chi connectivity index (χ4v) is 3.44. The van der Waals surface area contributed by atoms with Gasteiger partial charge in [0.15, 0.2) is 30.6 Å². The number of quaternary nitrogens is 2. The summed E-state index contributed by atoms with van der Waals surface area (Å²) in [5, 5.41) is 47.3. The highest BCUT2D eigenvalue weighted by Crippen LogP contribution is 2.30. The minimum atomic E-state index is -5.24. The van der Waals surface area contributed by atoms with Crippen LogP contribution in [0.2, 0.25) is 0 Å². The van der Waals surface area contributed by atoms with Gasteiger partial charge in [-0.15, -0.1) is 0 Å². The van der Waals surface area contributed by atoms with Crippen molar-refractivity contribution in [2.45, 2.75) is 77.2 Å². The summed E-state index contributed by atoms with van der Waals surface area (Å²) in [6.07, 6.45) is -1.20. The van der Waals surface area contributed by atoms with E-state index in [4.69, 9.17) is 14.9 Å². The molecule has 1 aliphatic rings. The highest BCUT2D eigenvalue weighted by atomic mass is 31.2. The zero-order valence-corrected chi connectivity index (χ0v) is 23.7. The summed E-state index contributed by atoms with van der Waals surface area (Å²) in [7, 11) is -5.24. The van der Waals surface area contributed by atoms with Crippen molar-refractivity contribution in [2.24, 2.45) is 11.8 Å². The molecule has 0 aromatic carbocycles. The molecule has 10 N–H and O–H groups in total. The van der Waals surface area contributed by atoms with Crippen LogP contribution in [-0.4, -0.2) is 75.3 Å². The minimum Gasteiger partial charge on any atom is -0.790 e. The number of aliphatic hydroxyl groups is 2. The molecule has 1 aliphatic heterocycles. The molecule has 8 atom stereocenters. The molecule has 0 bridgehead atoms. The van der Waals surface area contributed by atoms with E-state index in [1.165, 1.54) is 22.9 Å². The Bertz CT molecular complexity index is 982. The number of aromatic nitrogens is 1. The maximum atomic E-state index is 10.8. The first-order valence-corrected chi connectivity index (χ1v) is 13.9. The molecule has 16 nitrogen and oxygen atoms in total. The zero-order valence-electron chi connectivity index (χ0n) is 22.8. The molecule has 1 aromatic heterocycles. The van der Waals surface area contributed by atoms with Crippen LogP contribution in [0.25, 0.3) is 0 Å². The lowest BCUT2D eigenvalue weighted by molar-refractivity contribution is -0.765. The summed E-state index contributed by atoms with van der Waals surface area (Å²) in [6.45, 7) is 6.95. The Morgan fingerprint density at radius 3 is 1.88 bits per heavy atom. The van der Waals surface area contributed by atoms with E-state index in [1.54, 1.807) is 0 Å². The number of phosphoric acid groups is 1. The van der Waals surface area contributed by atoms with Gasteiger partial charge in [-0.3, -0.25) is 0 Å². The van der Waals surface area contributed by atoms with Crippen LogP contribution in [0.3, 0.4) is 0 Å². The van der Waals surface area contributed by atoms with Gasteiger partial charge < -0.3 is 65.4 Å². The first kappa shape index (κ1) is 37.5. The SMILES string of the molecule is CC[C@H](C)[C@H]([NH3+])C(=O)O.CC[C@H](C)[C@H]([NH3+])C(=O)O.O=C([O-])c1ccc[n+]([C@@H]2O[C@H](COP(=O)([O-])[O-])[C@@H](O)[C@H]2O)c1. The van der Waals surface area contributed by atoms with Crippen LogP contribution in [0.4, 0.5) is 0 Å². The Kier molecular flexibility index (Phi) is 16.2. The van der Waals surface area contributed by atoms with Crippen LogP contribution < -0.4 is 30.9 Å². The minimum absolute atomic E-state index is 0.183. The van der Waals surface area contributed by atoms with Crippen LogP contribution >= 0.6 is 7.82 Å². The van der Waals surface area contributed by atoms with E-state index in [0.717, 1.165) is 19.0 Å². The third-order valence-corrected chi connectivity index (χ3v) is 6.85. The van der Waals surface area contributed by atoms with Crippen LogP contribution in [0, 0.1) is 11.8 Å². The molecule has 1 aromatic rings. The van der Waals surface area contributed by atoms with Crippen LogP contribution in [0.1, 0.15) is 57.1 Å². The summed E-state index contributed by atoms with van der Waals surface area (Å²) in [5.41, 5.74) is 6.83. The van der Waals surface area contributed by atoms with Crippen molar-refractivity contribution in [1.82, 2.24) is 0 Å². The smallest absolute Gasteiger partial charge is 0.362 e. The Morgan fingerprint density at radius 1 is 1.05 bits per heavy atom. The van der Waals surface area contributed by atoms with Crippen molar-refractivity contribution in [2.75, 3.05) is 6.61 Å². The van der Waals surface area contributed by atoms with Gasteiger partial charge >= 0.3 is 11.9 Å². The lowest BCUT2D eigenvalue weighted by Crippen LogP contribution is -2.67. The van der Waals surface area contributed by atoms with E-state index < -0.39 is 69.0 Å². The molecule has 1 fully saturated rings. The number of carboxylic acids is 3. The quantitative estimate of drug-likeness (QED) is 0.103. The number of carbonyl (C=O) groups excluding carboxylic acids is 1. The summed E-state index contributed by atoms with van der Waals surface area (Å²) < 4.78 is 20.8. The first-order valence-electron chi connectivity index (χ1n) is 12.4. The topological polar surface area (TPSA) is 296 Å². The maximum Gasteiger partial charge on any atom is 0.362 e. The van der Waals surface area contributed by atoms with Gasteiger partial charge in [-0.05, 0) is 18.9 Å². The Hall–Kier alpha value is -2.53. The average molecular weight is 598 g/mol. The molecule has 1 saturated heterocycles. The third-order valence-electron chi connectivity index (χ3n) is 6.38. The van der Waals surface area contributed by atoms with E-state index in [2.05, 4.69) is 16.0 Å². The van der Waals surface area contributed by atoms with Crippen molar-refractivity contribution in [3.63, 3.8) is 0 Å². The molecule has 2 heterocycles. The average Bonchev–Trinajstić information content (AvgIpc) is 3.19. The van der Waals surface area contributed by atoms with Crippen molar-refractivity contribution in [1.29, 1.82) is 0 Å². The Labute approximate surface area is 231 Å². The van der Waals surface area contributed by atoms with Crippen molar-refractivity contribution in [3.05, 3.63) is 30.1 Å². The van der Waals surface area contributed by atoms with Crippen LogP contribution in [0.5, 0.6) is 0 Å². The number of hydrogen-bond acceptors (Lipinski definition) is 11. The fraction of sp³-hybridized carbons (Fsp3) is 0.652. The number of carbonyl (C=O) groups is 3. The second kappa shape index (κ2) is 17.3. The maximum absolute atomic E-state index is 10.8. The second-order valence-corrected chi connectivity index (χ2v) is 10.4. The molecule has 0 saturated carbocycles. The van der Waals surface area contributed by atoms with Crippen LogP contribution in [-0.2, 0) is 23.4 Å². The summed E-state index contributed by atoms with van der Waals surface area (Å²) in [6, 6.07) is 1.72. The molecule has 40 heavy (non-hydrogen) atoms. The predicted octanol–water partition coefficient (Wildman–Crippen LogP) is -4.74. The highest BCUT2D eigenvalue weighted by Gasteiger charge is 2.48. The zero-order chi connectivity index (χ0) is 31.4. The van der Waals surface area contributed by atoms with Gasteiger partial charge in [0.1, 0.15) is 12.2 Å². The number of carboxylic acid groups (broad SMARTS) is 3. The molecule has 0 spiro atoms. The first-order chi connectivity index (χ1) is 18.4. The summed E-state index contributed by atoms with van der Waals surface area (Å²) in [4.78, 5) is 52.1. The van der Waals surface area contributed by atoms with Gasteiger partial charge in [-0.1, -0.05) is 27.7 Å². The van der Waals surface area contributed by atoms with E-state index in [0.29, 0.717) is 0 Å². The Balaban J connectivity index is 0.000000700. The van der Waals surface area contributed by atoms with E-state index in [1.807, 2.05) is 27.7 Å². The number of ether oxygens (including phenoxy) is 1. The lowest BCUT2D eigenvalue weighted by Gasteiger charge is -2.30. The molecular formula is C23H40N3O13P. The van der Waals surface area contributed by atoms with Gasteiger partial charge in [0.05, 0.1) is 26.0 Å². The van der Waals surface area contributed by atoms with Gasteiger partial charge in [-0.2, -0.15) is 4.57 Å². The largest absolute Gasteiger partial charge is 0.790 e. The monoisotopic (exact) mass is 597 g/mol. The van der Waals surface area contributed by atoms with Crippen molar-refractivity contribution in [3.8, 4) is 0 Å². The van der Waals surface area contributed by atoms with E-state index in [-0.39, 0.29) is 17.4 Å².